The molecular weight excluding hydrogens is 184 g/mol. The summed E-state index contributed by atoms with van der Waals surface area (Å²) < 4.78 is 0. The van der Waals surface area contributed by atoms with Gasteiger partial charge in [0.15, 0.2) is 0 Å². The molecule has 1 nitrogen and oxygen atoms in total. The fraction of sp³-hybridized carbons (Fsp3) is 0.500. The Morgan fingerprint density at radius 2 is 1.60 bits per heavy atom. The Kier molecular flexibility index (Phi) is 2.22. The molecule has 1 aromatic rings. The zero-order chi connectivity index (χ0) is 11.2. The van der Waals surface area contributed by atoms with Crippen molar-refractivity contribution in [3.05, 3.63) is 34.4 Å². The lowest BCUT2D eigenvalue weighted by molar-refractivity contribution is -0.119. The van der Waals surface area contributed by atoms with Crippen LogP contribution in [0.1, 0.15) is 42.0 Å². The van der Waals surface area contributed by atoms with Gasteiger partial charge in [0.05, 0.1) is 5.41 Å². The number of benzene rings is 1. The second-order valence-electron chi connectivity index (χ2n) is 4.91. The van der Waals surface area contributed by atoms with Crippen LogP contribution in [0.15, 0.2) is 12.1 Å². The van der Waals surface area contributed by atoms with Crippen molar-refractivity contribution in [1.82, 2.24) is 0 Å². The summed E-state index contributed by atoms with van der Waals surface area (Å²) >= 11 is 0. The van der Waals surface area contributed by atoms with Crippen LogP contribution in [0.25, 0.3) is 0 Å². The van der Waals surface area contributed by atoms with Gasteiger partial charge in [-0.3, -0.25) is 4.79 Å². The standard InChI is InChI=1S/C14H18O/c1-9-7-10(2)13(11(3)8-9)14(5-6-14)12(4)15/h7-8H,5-6H2,1-4H3. The van der Waals surface area contributed by atoms with Crippen molar-refractivity contribution in [2.24, 2.45) is 0 Å². The molecule has 0 bridgehead atoms. The zero-order valence-corrected chi connectivity index (χ0v) is 9.98. The fourth-order valence-corrected chi connectivity index (χ4v) is 2.84. The lowest BCUT2D eigenvalue weighted by atomic mass is 9.84. The second kappa shape index (κ2) is 3.19. The molecule has 0 atom stereocenters. The molecule has 1 aliphatic rings. The number of hydrogen-bond donors (Lipinski definition) is 0. The number of Topliss-reactive ketones (excluding diaryl/α,β-unsaturated/α-hetero) is 1. The smallest absolute Gasteiger partial charge is 0.140 e. The van der Waals surface area contributed by atoms with Crippen LogP contribution in [-0.4, -0.2) is 5.78 Å². The highest BCUT2D eigenvalue weighted by atomic mass is 16.1. The van der Waals surface area contributed by atoms with Gasteiger partial charge in [-0.1, -0.05) is 17.7 Å². The van der Waals surface area contributed by atoms with Gasteiger partial charge in [-0.05, 0) is 57.2 Å². The minimum Gasteiger partial charge on any atom is -0.299 e. The van der Waals surface area contributed by atoms with E-state index in [0.29, 0.717) is 5.78 Å². The van der Waals surface area contributed by atoms with Crippen LogP contribution in [0.2, 0.25) is 0 Å². The predicted molar refractivity (Wildman–Crippen MR) is 62.2 cm³/mol. The quantitative estimate of drug-likeness (QED) is 0.719. The summed E-state index contributed by atoms with van der Waals surface area (Å²) in [5, 5.41) is 0. The van der Waals surface area contributed by atoms with Gasteiger partial charge in [0.25, 0.3) is 0 Å². The minimum absolute atomic E-state index is 0.123. The van der Waals surface area contributed by atoms with E-state index in [9.17, 15) is 4.79 Å². The monoisotopic (exact) mass is 202 g/mol. The third-order valence-electron chi connectivity index (χ3n) is 3.58. The molecule has 0 heterocycles. The van der Waals surface area contributed by atoms with Gasteiger partial charge < -0.3 is 0 Å². The highest BCUT2D eigenvalue weighted by Crippen LogP contribution is 2.51. The van der Waals surface area contributed by atoms with Gasteiger partial charge >= 0.3 is 0 Å². The molecule has 15 heavy (non-hydrogen) atoms. The molecule has 1 heteroatoms. The van der Waals surface area contributed by atoms with Crippen LogP contribution in [0, 0.1) is 20.8 Å². The maximum Gasteiger partial charge on any atom is 0.140 e. The maximum atomic E-state index is 11.7. The fourth-order valence-electron chi connectivity index (χ4n) is 2.84. The molecule has 1 fully saturated rings. The first-order chi connectivity index (χ1) is 6.97. The van der Waals surface area contributed by atoms with Crippen molar-refractivity contribution < 1.29 is 4.79 Å². The minimum atomic E-state index is -0.123. The number of carbonyl (C=O) groups is 1. The average Bonchev–Trinajstić information content (AvgIpc) is 2.83. The lowest BCUT2D eigenvalue weighted by Gasteiger charge is -2.18. The largest absolute Gasteiger partial charge is 0.299 e. The second-order valence-corrected chi connectivity index (χ2v) is 4.91. The molecule has 0 aromatic heterocycles. The van der Waals surface area contributed by atoms with Gasteiger partial charge in [0.1, 0.15) is 5.78 Å². The van der Waals surface area contributed by atoms with Crippen LogP contribution in [0.5, 0.6) is 0 Å². The Morgan fingerprint density at radius 3 is 1.93 bits per heavy atom. The zero-order valence-electron chi connectivity index (χ0n) is 9.98. The summed E-state index contributed by atoms with van der Waals surface area (Å²) in [6, 6.07) is 4.37. The van der Waals surface area contributed by atoms with E-state index in [1.54, 1.807) is 6.92 Å². The summed E-state index contributed by atoms with van der Waals surface area (Å²) in [4.78, 5) is 11.7. The summed E-state index contributed by atoms with van der Waals surface area (Å²) in [7, 11) is 0. The maximum absolute atomic E-state index is 11.7. The van der Waals surface area contributed by atoms with Crippen molar-refractivity contribution in [2.75, 3.05) is 0 Å². The third kappa shape index (κ3) is 1.50. The van der Waals surface area contributed by atoms with Gasteiger partial charge in [0.2, 0.25) is 0 Å². The van der Waals surface area contributed by atoms with Gasteiger partial charge in [-0.2, -0.15) is 0 Å². The summed E-state index contributed by atoms with van der Waals surface area (Å²) in [6.45, 7) is 8.08. The molecule has 0 saturated heterocycles. The van der Waals surface area contributed by atoms with E-state index in [2.05, 4.69) is 32.9 Å². The van der Waals surface area contributed by atoms with Crippen molar-refractivity contribution in [3.8, 4) is 0 Å². The topological polar surface area (TPSA) is 17.1 Å². The molecule has 0 radical (unpaired) electrons. The van der Waals surface area contributed by atoms with Gasteiger partial charge in [-0.25, -0.2) is 0 Å². The van der Waals surface area contributed by atoms with E-state index < -0.39 is 0 Å². The first-order valence-electron chi connectivity index (χ1n) is 5.57. The number of ketones is 1. The summed E-state index contributed by atoms with van der Waals surface area (Å²) in [5.41, 5.74) is 5.01. The van der Waals surface area contributed by atoms with Crippen molar-refractivity contribution in [3.63, 3.8) is 0 Å². The van der Waals surface area contributed by atoms with Crippen LogP contribution >= 0.6 is 0 Å². The van der Waals surface area contributed by atoms with Crippen LogP contribution < -0.4 is 0 Å². The van der Waals surface area contributed by atoms with E-state index in [1.165, 1.54) is 22.3 Å². The molecule has 0 unspecified atom stereocenters. The van der Waals surface area contributed by atoms with Crippen molar-refractivity contribution >= 4 is 5.78 Å². The summed E-state index contributed by atoms with van der Waals surface area (Å²) in [5.74, 6) is 0.331. The van der Waals surface area contributed by atoms with Crippen molar-refractivity contribution in [2.45, 2.75) is 46.0 Å². The molecule has 1 saturated carbocycles. The van der Waals surface area contributed by atoms with Crippen LogP contribution in [-0.2, 0) is 10.2 Å². The molecule has 1 aromatic carbocycles. The number of carbonyl (C=O) groups excluding carboxylic acids is 1. The van der Waals surface area contributed by atoms with E-state index in [-0.39, 0.29) is 5.41 Å². The Bertz CT molecular complexity index is 402. The molecular formula is C14H18O. The van der Waals surface area contributed by atoms with Gasteiger partial charge in [-0.15, -0.1) is 0 Å². The van der Waals surface area contributed by atoms with Crippen molar-refractivity contribution in [1.29, 1.82) is 0 Å². The number of rotatable bonds is 2. The number of hydrogen-bond acceptors (Lipinski definition) is 1. The van der Waals surface area contributed by atoms with E-state index in [4.69, 9.17) is 0 Å². The predicted octanol–water partition coefficient (Wildman–Crippen LogP) is 3.23. The Balaban J connectivity index is 2.58. The Hall–Kier alpha value is -1.11. The third-order valence-corrected chi connectivity index (χ3v) is 3.58. The van der Waals surface area contributed by atoms with E-state index in [1.807, 2.05) is 0 Å². The Morgan fingerprint density at radius 1 is 1.13 bits per heavy atom. The first kappa shape index (κ1) is 10.4. The molecule has 0 amide bonds. The normalized spacial score (nSPS) is 17.6. The SMILES string of the molecule is CC(=O)C1(c2c(C)cc(C)cc2C)CC1. The molecule has 0 spiro atoms. The van der Waals surface area contributed by atoms with Crippen LogP contribution in [0.3, 0.4) is 0 Å². The highest BCUT2D eigenvalue weighted by Gasteiger charge is 2.50. The number of aryl methyl sites for hydroxylation is 3. The van der Waals surface area contributed by atoms with E-state index >= 15 is 0 Å². The highest BCUT2D eigenvalue weighted by molar-refractivity contribution is 5.92. The molecule has 0 N–H and O–H groups in total. The molecule has 2 rings (SSSR count). The molecule has 0 aliphatic heterocycles. The first-order valence-corrected chi connectivity index (χ1v) is 5.57. The molecule has 80 valence electrons. The van der Waals surface area contributed by atoms with E-state index in [0.717, 1.165) is 12.8 Å². The summed E-state index contributed by atoms with van der Waals surface area (Å²) in [6.07, 6.45) is 2.07. The Labute approximate surface area is 91.5 Å². The average molecular weight is 202 g/mol. The lowest BCUT2D eigenvalue weighted by Crippen LogP contribution is -2.19. The molecule has 1 aliphatic carbocycles. The van der Waals surface area contributed by atoms with Gasteiger partial charge in [0, 0.05) is 0 Å². The van der Waals surface area contributed by atoms with Crippen LogP contribution in [0.4, 0.5) is 0 Å².